The van der Waals surface area contributed by atoms with E-state index in [-0.39, 0.29) is 13.2 Å². The summed E-state index contributed by atoms with van der Waals surface area (Å²) in [4.78, 5) is 6.09. The fourth-order valence-corrected chi connectivity index (χ4v) is 8.50. The van der Waals surface area contributed by atoms with E-state index in [2.05, 4.69) is 28.9 Å². The predicted molar refractivity (Wildman–Crippen MR) is 144 cm³/mol. The van der Waals surface area contributed by atoms with Crippen molar-refractivity contribution >= 4 is 32.9 Å². The molecule has 0 radical (unpaired) electrons. The predicted octanol–water partition coefficient (Wildman–Crippen LogP) is 5.69. The zero-order valence-corrected chi connectivity index (χ0v) is 22.6. The molecule has 1 aromatic heterocycles. The highest BCUT2D eigenvalue weighted by molar-refractivity contribution is 7.80. The molecule has 34 heavy (non-hydrogen) atoms. The number of phenolic OH excluding ortho intramolecular Hbond substituents is 1. The molecule has 0 aliphatic carbocycles. The summed E-state index contributed by atoms with van der Waals surface area (Å²) in [5, 5.41) is 30.6. The maximum atomic E-state index is 11.5. The van der Waals surface area contributed by atoms with E-state index < -0.39 is 0 Å². The van der Waals surface area contributed by atoms with Crippen molar-refractivity contribution in [3.05, 3.63) is 32.6 Å². The van der Waals surface area contributed by atoms with E-state index >= 15 is 0 Å². The fourth-order valence-electron chi connectivity index (χ4n) is 5.62. The number of nitrogens with zero attached hydrogens (tertiary/aromatic N) is 2. The summed E-state index contributed by atoms with van der Waals surface area (Å²) in [6.07, 6.45) is 8.52. The molecular formula is C26H38N2O3S3. The van der Waals surface area contributed by atoms with E-state index in [0.717, 1.165) is 77.7 Å². The van der Waals surface area contributed by atoms with Crippen molar-refractivity contribution in [3.63, 3.8) is 0 Å². The number of hydrogen-bond donors (Lipinski definition) is 3. The van der Waals surface area contributed by atoms with Gasteiger partial charge in [0.05, 0.1) is 4.88 Å². The third-order valence-corrected chi connectivity index (χ3v) is 10.9. The molecule has 2 aromatic rings. The lowest BCUT2D eigenvalue weighted by Gasteiger charge is -2.37. The molecule has 0 saturated carbocycles. The summed E-state index contributed by atoms with van der Waals surface area (Å²) in [5.41, 5.74) is 4.23. The first-order valence-electron chi connectivity index (χ1n) is 12.7. The SMILES string of the molecule is Cc1c(-c2cc(CN3CCCCC3CCO)c(O)c(CN3CCCCC3CCO)c2)ssc1=S. The molecule has 2 saturated heterocycles. The van der Waals surface area contributed by atoms with E-state index in [9.17, 15) is 15.3 Å². The second kappa shape index (κ2) is 12.4. The molecule has 2 fully saturated rings. The molecule has 2 aliphatic heterocycles. The summed E-state index contributed by atoms with van der Waals surface area (Å²) in [6, 6.07) is 5.05. The lowest BCUT2D eigenvalue weighted by molar-refractivity contribution is 0.109. The van der Waals surface area contributed by atoms with Gasteiger partial charge in [-0.25, -0.2) is 0 Å². The van der Waals surface area contributed by atoms with Gasteiger partial charge in [-0.05, 0) is 81.8 Å². The number of piperidine rings is 2. The number of hydrogen-bond acceptors (Lipinski definition) is 8. The Hall–Kier alpha value is -0.870. The minimum atomic E-state index is 0.205. The average Bonchev–Trinajstić information content (AvgIpc) is 3.17. The van der Waals surface area contributed by atoms with Crippen LogP contribution >= 0.6 is 32.9 Å². The Bertz CT molecular complexity index is 952. The number of likely N-dealkylation sites (tertiary alicyclic amines) is 2. The van der Waals surface area contributed by atoms with Crippen LogP contribution in [0.15, 0.2) is 12.1 Å². The van der Waals surface area contributed by atoms with Gasteiger partial charge in [0.15, 0.2) is 0 Å². The number of aromatic hydroxyl groups is 1. The summed E-state index contributed by atoms with van der Waals surface area (Å²) in [6.45, 7) is 5.92. The molecule has 0 spiro atoms. The van der Waals surface area contributed by atoms with Crippen molar-refractivity contribution < 1.29 is 15.3 Å². The van der Waals surface area contributed by atoms with E-state index in [4.69, 9.17) is 12.2 Å². The third kappa shape index (κ3) is 6.09. The highest BCUT2D eigenvalue weighted by atomic mass is 32.9. The van der Waals surface area contributed by atoms with Crippen LogP contribution in [0.2, 0.25) is 0 Å². The molecule has 3 heterocycles. The largest absolute Gasteiger partial charge is 0.507 e. The molecule has 2 aliphatic rings. The molecule has 0 amide bonds. The number of rotatable bonds is 9. The van der Waals surface area contributed by atoms with Crippen molar-refractivity contribution in [2.45, 2.75) is 83.5 Å². The maximum Gasteiger partial charge on any atom is 0.124 e. The minimum Gasteiger partial charge on any atom is -0.507 e. The Balaban J connectivity index is 1.69. The average molecular weight is 523 g/mol. The third-order valence-electron chi connectivity index (χ3n) is 7.55. The van der Waals surface area contributed by atoms with Gasteiger partial charge in [0, 0.05) is 49.5 Å². The molecule has 0 bridgehead atoms. The second-order valence-corrected chi connectivity index (χ2v) is 12.6. The molecular weight excluding hydrogens is 484 g/mol. The molecule has 5 nitrogen and oxygen atoms in total. The Morgan fingerprint density at radius 3 is 1.85 bits per heavy atom. The van der Waals surface area contributed by atoms with Crippen LogP contribution in [-0.4, -0.2) is 63.5 Å². The van der Waals surface area contributed by atoms with Gasteiger partial charge < -0.3 is 15.3 Å². The van der Waals surface area contributed by atoms with E-state index in [1.54, 1.807) is 20.7 Å². The first-order valence-corrected chi connectivity index (χ1v) is 15.2. The Kier molecular flexibility index (Phi) is 9.55. The second-order valence-electron chi connectivity index (χ2n) is 9.82. The molecule has 8 heteroatoms. The van der Waals surface area contributed by atoms with Crippen LogP contribution in [0.1, 0.15) is 68.1 Å². The van der Waals surface area contributed by atoms with Gasteiger partial charge in [0.25, 0.3) is 0 Å². The number of benzene rings is 1. The number of aliphatic hydroxyl groups excluding tert-OH is 2. The summed E-state index contributed by atoms with van der Waals surface area (Å²) in [5.74, 6) is 0.405. The van der Waals surface area contributed by atoms with Gasteiger partial charge in [-0.1, -0.05) is 45.7 Å². The van der Waals surface area contributed by atoms with Crippen LogP contribution in [0.4, 0.5) is 0 Å². The van der Waals surface area contributed by atoms with E-state index in [0.29, 0.717) is 30.9 Å². The van der Waals surface area contributed by atoms with Gasteiger partial charge in [-0.2, -0.15) is 0 Å². The van der Waals surface area contributed by atoms with Gasteiger partial charge in [0.1, 0.15) is 9.57 Å². The van der Waals surface area contributed by atoms with Crippen LogP contribution < -0.4 is 0 Å². The molecule has 1 aromatic carbocycles. The lowest BCUT2D eigenvalue weighted by atomic mass is 9.95. The smallest absolute Gasteiger partial charge is 0.124 e. The van der Waals surface area contributed by atoms with Crippen LogP contribution in [0, 0.1) is 10.7 Å². The van der Waals surface area contributed by atoms with Gasteiger partial charge >= 0.3 is 0 Å². The van der Waals surface area contributed by atoms with Crippen LogP contribution in [0.3, 0.4) is 0 Å². The van der Waals surface area contributed by atoms with E-state index in [1.807, 2.05) is 0 Å². The van der Waals surface area contributed by atoms with Crippen molar-refractivity contribution in [1.82, 2.24) is 9.80 Å². The zero-order valence-electron chi connectivity index (χ0n) is 20.2. The Morgan fingerprint density at radius 2 is 1.41 bits per heavy atom. The topological polar surface area (TPSA) is 67.2 Å². The standard InChI is InChI=1S/C26H38N2O3S3/c1-18-25(33-34-26(18)32)19-14-20(16-27-10-4-2-6-22(27)8-12-29)24(31)21(15-19)17-28-11-5-3-7-23(28)9-13-30/h14-15,22-23,29-31H,2-13,16-17H2,1H3. The van der Waals surface area contributed by atoms with Crippen molar-refractivity contribution in [1.29, 1.82) is 0 Å². The zero-order chi connectivity index (χ0) is 24.1. The normalized spacial score (nSPS) is 22.3. The minimum absolute atomic E-state index is 0.205. The van der Waals surface area contributed by atoms with Crippen molar-refractivity contribution in [2.24, 2.45) is 0 Å². The van der Waals surface area contributed by atoms with Gasteiger partial charge in [0.2, 0.25) is 0 Å². The first-order chi connectivity index (χ1) is 16.5. The van der Waals surface area contributed by atoms with Crippen molar-refractivity contribution in [2.75, 3.05) is 26.3 Å². The Labute approximate surface area is 216 Å². The quantitative estimate of drug-likeness (QED) is 0.290. The van der Waals surface area contributed by atoms with Gasteiger partial charge in [-0.3, -0.25) is 9.80 Å². The number of phenols is 1. The van der Waals surface area contributed by atoms with Gasteiger partial charge in [-0.15, -0.1) is 0 Å². The summed E-state index contributed by atoms with van der Waals surface area (Å²) in [7, 11) is 3.37. The highest BCUT2D eigenvalue weighted by Gasteiger charge is 2.26. The van der Waals surface area contributed by atoms with Crippen LogP contribution in [0.5, 0.6) is 5.75 Å². The highest BCUT2D eigenvalue weighted by Crippen LogP contribution is 2.39. The molecule has 2 unspecified atom stereocenters. The lowest BCUT2D eigenvalue weighted by Crippen LogP contribution is -2.40. The first kappa shape index (κ1) is 26.2. The molecule has 4 rings (SSSR count). The van der Waals surface area contributed by atoms with Crippen LogP contribution in [0.25, 0.3) is 10.4 Å². The van der Waals surface area contributed by atoms with Crippen molar-refractivity contribution in [3.8, 4) is 16.2 Å². The molecule has 3 N–H and O–H groups in total. The molecule has 2 atom stereocenters. The summed E-state index contributed by atoms with van der Waals surface area (Å²) < 4.78 is 0.939. The summed E-state index contributed by atoms with van der Waals surface area (Å²) >= 11 is 5.53. The monoisotopic (exact) mass is 522 g/mol. The fraction of sp³-hybridized carbons (Fsp3) is 0.654. The number of aliphatic hydroxyl groups is 2. The maximum absolute atomic E-state index is 11.5. The Morgan fingerprint density at radius 1 is 0.882 bits per heavy atom. The van der Waals surface area contributed by atoms with E-state index in [1.165, 1.54) is 17.7 Å². The molecule has 188 valence electrons. The van der Waals surface area contributed by atoms with Crippen LogP contribution in [-0.2, 0) is 13.1 Å².